The fraction of sp³-hybridized carbons (Fsp3) is 0.667. The van der Waals surface area contributed by atoms with Crippen LogP contribution in [0.25, 0.3) is 0 Å². The molecule has 1 rings (SSSR count). The molecule has 80 valence electrons. The molecule has 1 aromatic rings. The topological polar surface area (TPSA) is 110 Å². The van der Waals surface area contributed by atoms with E-state index in [0.717, 1.165) is 6.42 Å². The Balaban J connectivity index is 0.00000169. The molecule has 0 aromatic carbocycles. The number of aromatic amines is 1. The smallest absolute Gasteiger partial charge is 0.269 e. The van der Waals surface area contributed by atoms with E-state index in [1.807, 2.05) is 6.92 Å². The number of carbonyl (C=O) groups excluding carboxylic acids is 1. The highest BCUT2D eigenvalue weighted by atomic mass is 35.5. The molecule has 1 atom stereocenters. The summed E-state index contributed by atoms with van der Waals surface area (Å²) in [6.45, 7) is 1.96. The minimum absolute atomic E-state index is 0. The number of halogens is 1. The average Bonchev–Trinajstić information content (AvgIpc) is 2.57. The molecule has 1 amide bonds. The Morgan fingerprint density at radius 2 is 2.43 bits per heavy atom. The zero-order valence-electron chi connectivity index (χ0n) is 7.73. The van der Waals surface area contributed by atoms with Crippen LogP contribution in [0.4, 0.5) is 5.95 Å². The lowest BCUT2D eigenvalue weighted by Gasteiger charge is -2.07. The van der Waals surface area contributed by atoms with Crippen LogP contribution in [0.1, 0.15) is 19.8 Å². The molecule has 4 N–H and O–H groups in total. The van der Waals surface area contributed by atoms with Crippen molar-refractivity contribution in [2.75, 3.05) is 5.32 Å². The molecule has 8 heteroatoms. The summed E-state index contributed by atoms with van der Waals surface area (Å²) in [6.07, 6.45) is 1.50. The van der Waals surface area contributed by atoms with Crippen molar-refractivity contribution in [1.29, 1.82) is 0 Å². The summed E-state index contributed by atoms with van der Waals surface area (Å²) in [4.78, 5) is 11.2. The van der Waals surface area contributed by atoms with E-state index in [9.17, 15) is 4.79 Å². The van der Waals surface area contributed by atoms with Crippen molar-refractivity contribution >= 4 is 24.3 Å². The molecule has 14 heavy (non-hydrogen) atoms. The van der Waals surface area contributed by atoms with Gasteiger partial charge in [-0.25, -0.2) is 0 Å². The fourth-order valence-corrected chi connectivity index (χ4v) is 0.860. The van der Waals surface area contributed by atoms with E-state index in [-0.39, 0.29) is 24.3 Å². The number of hydrogen-bond acceptors (Lipinski definition) is 5. The molecule has 0 saturated carbocycles. The van der Waals surface area contributed by atoms with Crippen molar-refractivity contribution in [3.8, 4) is 0 Å². The Bertz CT molecular complexity index is 263. The van der Waals surface area contributed by atoms with E-state index in [1.165, 1.54) is 0 Å². The summed E-state index contributed by atoms with van der Waals surface area (Å²) in [5.41, 5.74) is 5.55. The summed E-state index contributed by atoms with van der Waals surface area (Å²) >= 11 is 0. The van der Waals surface area contributed by atoms with Crippen LogP contribution in [0, 0.1) is 0 Å². The normalized spacial score (nSPS) is 11.6. The second kappa shape index (κ2) is 6.28. The van der Waals surface area contributed by atoms with Gasteiger partial charge in [0.05, 0.1) is 6.04 Å². The van der Waals surface area contributed by atoms with Gasteiger partial charge in [-0.3, -0.25) is 10.1 Å². The number of tetrazole rings is 1. The minimum atomic E-state index is -0.511. The zero-order chi connectivity index (χ0) is 9.68. The Hall–Kier alpha value is -1.21. The van der Waals surface area contributed by atoms with Crippen LogP contribution in [-0.2, 0) is 4.79 Å². The van der Waals surface area contributed by atoms with Gasteiger partial charge in [0.2, 0.25) is 5.91 Å². The number of carbonyl (C=O) groups is 1. The van der Waals surface area contributed by atoms with Crippen LogP contribution in [0.2, 0.25) is 0 Å². The standard InChI is InChI=1S/C6H12N6O.ClH/c1-2-3-4(7)5(13)8-6-9-11-12-10-6;/h4H,2-3,7H2,1H3,(H2,8,9,10,11,12,13);1H/t4-;/m1./s1. The Morgan fingerprint density at radius 3 is 2.93 bits per heavy atom. The number of rotatable bonds is 4. The number of nitrogens with two attached hydrogens (primary N) is 1. The lowest BCUT2D eigenvalue weighted by atomic mass is 10.2. The number of nitrogens with one attached hydrogen (secondary N) is 2. The van der Waals surface area contributed by atoms with Gasteiger partial charge in [-0.05, 0) is 11.6 Å². The molecular weight excluding hydrogens is 208 g/mol. The predicted molar refractivity (Wildman–Crippen MR) is 52.9 cm³/mol. The van der Waals surface area contributed by atoms with Gasteiger partial charge in [-0.2, -0.15) is 5.21 Å². The molecular formula is C6H13ClN6O. The van der Waals surface area contributed by atoms with Crippen LogP contribution in [0.15, 0.2) is 0 Å². The van der Waals surface area contributed by atoms with Crippen molar-refractivity contribution in [3.63, 3.8) is 0 Å². The van der Waals surface area contributed by atoms with Crippen LogP contribution in [-0.4, -0.2) is 32.6 Å². The molecule has 1 heterocycles. The van der Waals surface area contributed by atoms with Gasteiger partial charge in [0, 0.05) is 0 Å². The molecule has 0 aliphatic carbocycles. The van der Waals surface area contributed by atoms with E-state index in [1.54, 1.807) is 0 Å². The van der Waals surface area contributed by atoms with Gasteiger partial charge >= 0.3 is 0 Å². The van der Waals surface area contributed by atoms with Crippen molar-refractivity contribution < 1.29 is 4.79 Å². The molecule has 0 bridgehead atoms. The summed E-state index contributed by atoms with van der Waals surface area (Å²) < 4.78 is 0. The zero-order valence-corrected chi connectivity index (χ0v) is 8.54. The Labute approximate surface area is 87.2 Å². The van der Waals surface area contributed by atoms with Crippen molar-refractivity contribution in [2.24, 2.45) is 5.73 Å². The minimum Gasteiger partial charge on any atom is -0.320 e. The highest BCUT2D eigenvalue weighted by Crippen LogP contribution is 1.97. The maximum absolute atomic E-state index is 11.2. The van der Waals surface area contributed by atoms with Crippen LogP contribution in [0.3, 0.4) is 0 Å². The van der Waals surface area contributed by atoms with E-state index >= 15 is 0 Å². The lowest BCUT2D eigenvalue weighted by Crippen LogP contribution is -2.35. The molecule has 0 spiro atoms. The number of nitrogens with zero attached hydrogens (tertiary/aromatic N) is 3. The number of H-pyrrole nitrogens is 1. The second-order valence-electron chi connectivity index (χ2n) is 2.62. The first-order valence-electron chi connectivity index (χ1n) is 4.04. The summed E-state index contributed by atoms with van der Waals surface area (Å²) in [5.74, 6) is -0.139. The number of amides is 1. The third-order valence-corrected chi connectivity index (χ3v) is 1.52. The molecule has 0 aliphatic rings. The Kier molecular flexibility index (Phi) is 5.73. The first-order chi connectivity index (χ1) is 6.24. The lowest BCUT2D eigenvalue weighted by molar-refractivity contribution is -0.117. The van der Waals surface area contributed by atoms with Crippen LogP contribution in [0.5, 0.6) is 0 Å². The molecule has 1 aromatic heterocycles. The van der Waals surface area contributed by atoms with E-state index < -0.39 is 6.04 Å². The summed E-state index contributed by atoms with van der Waals surface area (Å²) in [7, 11) is 0. The van der Waals surface area contributed by atoms with Gasteiger partial charge in [-0.15, -0.1) is 17.5 Å². The highest BCUT2D eigenvalue weighted by molar-refractivity contribution is 5.92. The molecule has 0 unspecified atom stereocenters. The van der Waals surface area contributed by atoms with E-state index in [4.69, 9.17) is 5.73 Å². The van der Waals surface area contributed by atoms with E-state index in [0.29, 0.717) is 6.42 Å². The first-order valence-corrected chi connectivity index (χ1v) is 4.04. The van der Waals surface area contributed by atoms with Gasteiger partial charge in [0.25, 0.3) is 5.95 Å². The molecule has 0 aliphatic heterocycles. The second-order valence-corrected chi connectivity index (χ2v) is 2.62. The monoisotopic (exact) mass is 220 g/mol. The Morgan fingerprint density at radius 1 is 1.71 bits per heavy atom. The summed E-state index contributed by atoms with van der Waals surface area (Å²) in [5, 5.41) is 15.1. The number of anilines is 1. The van der Waals surface area contributed by atoms with Gasteiger partial charge in [0.15, 0.2) is 0 Å². The first kappa shape index (κ1) is 12.8. The summed E-state index contributed by atoms with van der Waals surface area (Å²) in [6, 6.07) is -0.511. The van der Waals surface area contributed by atoms with E-state index in [2.05, 4.69) is 25.9 Å². The third-order valence-electron chi connectivity index (χ3n) is 1.52. The SMILES string of the molecule is CCC[C@@H](N)C(=O)Nc1nn[nH]n1.Cl. The maximum Gasteiger partial charge on any atom is 0.269 e. The van der Waals surface area contributed by atoms with Crippen LogP contribution >= 0.6 is 12.4 Å². The van der Waals surface area contributed by atoms with Gasteiger partial charge < -0.3 is 5.73 Å². The molecule has 0 fully saturated rings. The number of aromatic nitrogens is 4. The largest absolute Gasteiger partial charge is 0.320 e. The van der Waals surface area contributed by atoms with Gasteiger partial charge in [-0.1, -0.05) is 18.4 Å². The molecule has 0 saturated heterocycles. The van der Waals surface area contributed by atoms with Crippen LogP contribution < -0.4 is 11.1 Å². The number of hydrogen-bond donors (Lipinski definition) is 3. The van der Waals surface area contributed by atoms with Gasteiger partial charge in [0.1, 0.15) is 0 Å². The average molecular weight is 221 g/mol. The van der Waals surface area contributed by atoms with Crippen molar-refractivity contribution in [1.82, 2.24) is 20.6 Å². The van der Waals surface area contributed by atoms with Crippen molar-refractivity contribution in [2.45, 2.75) is 25.8 Å². The predicted octanol–water partition coefficient (Wildman–Crippen LogP) is -0.313. The molecule has 0 radical (unpaired) electrons. The quantitative estimate of drug-likeness (QED) is 0.645. The molecule has 7 nitrogen and oxygen atoms in total. The maximum atomic E-state index is 11.2. The highest BCUT2D eigenvalue weighted by Gasteiger charge is 2.13. The fourth-order valence-electron chi connectivity index (χ4n) is 0.860. The van der Waals surface area contributed by atoms with Crippen molar-refractivity contribution in [3.05, 3.63) is 0 Å². The third kappa shape index (κ3) is 3.67.